The minimum absolute atomic E-state index is 0. The quantitative estimate of drug-likeness (QED) is 0.836. The first-order valence-corrected chi connectivity index (χ1v) is 10.9. The van der Waals surface area contributed by atoms with E-state index in [4.69, 9.17) is 0 Å². The van der Waals surface area contributed by atoms with Gasteiger partial charge in [0.1, 0.15) is 5.82 Å². The van der Waals surface area contributed by atoms with Crippen LogP contribution >= 0.6 is 0 Å². The number of benzene rings is 1. The van der Waals surface area contributed by atoms with Crippen LogP contribution in [0.3, 0.4) is 0 Å². The molecule has 0 unspecified atom stereocenters. The summed E-state index contributed by atoms with van der Waals surface area (Å²) >= 11 is 0. The fourth-order valence-electron chi connectivity index (χ4n) is 4.21. The van der Waals surface area contributed by atoms with Crippen LogP contribution in [-0.4, -0.2) is 24.0 Å². The zero-order valence-corrected chi connectivity index (χ0v) is 16.4. The smallest absolute Gasteiger partial charge is 0.333 e. The van der Waals surface area contributed by atoms with Crippen molar-refractivity contribution in [3.63, 3.8) is 0 Å². The molecule has 2 N–H and O–H groups in total. The molecule has 7 nitrogen and oxygen atoms in total. The highest BCUT2D eigenvalue weighted by Gasteiger charge is 2.27. The molecule has 1 aromatic carbocycles. The highest BCUT2D eigenvalue weighted by atomic mass is 32.2. The summed E-state index contributed by atoms with van der Waals surface area (Å²) in [5, 5.41) is 2.70. The van der Waals surface area contributed by atoms with E-state index < -0.39 is 16.1 Å². The van der Waals surface area contributed by atoms with E-state index in [1.54, 1.807) is 11.5 Å². The highest BCUT2D eigenvalue weighted by Crippen LogP contribution is 2.38. The molecule has 1 aromatic heterocycles. The Morgan fingerprint density at radius 3 is 2.37 bits per heavy atom. The zero-order valence-electron chi connectivity index (χ0n) is 15.6. The summed E-state index contributed by atoms with van der Waals surface area (Å²) < 4.78 is 28.9. The average molecular weight is 393 g/mol. The maximum atomic E-state index is 12.5. The number of hydrogen-bond donors (Lipinski definition) is 2. The Hall–Kier alpha value is -2.35. The van der Waals surface area contributed by atoms with Crippen molar-refractivity contribution in [2.45, 2.75) is 63.9 Å². The van der Waals surface area contributed by atoms with Crippen molar-refractivity contribution in [3.05, 3.63) is 40.3 Å². The first kappa shape index (κ1) is 18.0. The SMILES string of the molecule is CCn1cc(S(=O)(=O)NC(=O)Nc2c3c(cc4c2CCC4)CCC3)nc1C.[HH].[HH]. The first-order chi connectivity index (χ1) is 12.9. The van der Waals surface area contributed by atoms with E-state index >= 15 is 0 Å². The number of urea groups is 1. The Morgan fingerprint density at radius 1 is 1.19 bits per heavy atom. The van der Waals surface area contributed by atoms with Gasteiger partial charge in [-0.1, -0.05) is 6.07 Å². The number of imidazole rings is 1. The predicted molar refractivity (Wildman–Crippen MR) is 107 cm³/mol. The van der Waals surface area contributed by atoms with Gasteiger partial charge in [0.25, 0.3) is 10.0 Å². The fraction of sp³-hybridized carbons (Fsp3) is 0.474. The molecule has 8 heteroatoms. The van der Waals surface area contributed by atoms with Crippen molar-refractivity contribution in [2.75, 3.05) is 5.32 Å². The molecule has 0 aliphatic heterocycles. The Bertz CT molecular complexity index is 1000. The van der Waals surface area contributed by atoms with Crippen LogP contribution in [0.1, 0.15) is 50.7 Å². The molecule has 2 aliphatic rings. The number of hydrogen-bond acceptors (Lipinski definition) is 4. The number of fused-ring (bicyclic) bond motifs is 2. The fourth-order valence-corrected chi connectivity index (χ4v) is 5.13. The lowest BCUT2D eigenvalue weighted by Gasteiger charge is -2.16. The summed E-state index contributed by atoms with van der Waals surface area (Å²) in [6.07, 6.45) is 7.47. The van der Waals surface area contributed by atoms with Gasteiger partial charge in [-0.3, -0.25) is 0 Å². The van der Waals surface area contributed by atoms with Crippen LogP contribution in [0.15, 0.2) is 17.3 Å². The number of aromatic nitrogens is 2. The van der Waals surface area contributed by atoms with Crippen molar-refractivity contribution in [3.8, 4) is 0 Å². The normalized spacial score (nSPS) is 15.5. The molecule has 0 bridgehead atoms. The van der Waals surface area contributed by atoms with E-state index in [0.29, 0.717) is 12.4 Å². The van der Waals surface area contributed by atoms with Gasteiger partial charge in [-0.25, -0.2) is 14.5 Å². The van der Waals surface area contributed by atoms with Crippen molar-refractivity contribution in [1.82, 2.24) is 14.3 Å². The number of rotatable bonds is 4. The Labute approximate surface area is 162 Å². The predicted octanol–water partition coefficient (Wildman–Crippen LogP) is 3.19. The number of carbonyl (C=O) groups excluding carboxylic acids is 1. The molecule has 0 fully saturated rings. The van der Waals surface area contributed by atoms with E-state index in [1.165, 1.54) is 17.3 Å². The van der Waals surface area contributed by atoms with Crippen LogP contribution in [0.2, 0.25) is 0 Å². The van der Waals surface area contributed by atoms with Gasteiger partial charge in [0.15, 0.2) is 5.03 Å². The summed E-state index contributed by atoms with van der Waals surface area (Å²) in [4.78, 5) is 16.6. The third-order valence-electron chi connectivity index (χ3n) is 5.51. The zero-order chi connectivity index (χ0) is 19.2. The molecule has 27 heavy (non-hydrogen) atoms. The Balaban J connectivity index is 0.00000150. The second-order valence-electron chi connectivity index (χ2n) is 7.21. The van der Waals surface area contributed by atoms with Gasteiger partial charge in [-0.15, -0.1) is 0 Å². The van der Waals surface area contributed by atoms with Crippen LogP contribution in [-0.2, 0) is 42.3 Å². The van der Waals surface area contributed by atoms with Gasteiger partial charge < -0.3 is 9.88 Å². The summed E-state index contributed by atoms with van der Waals surface area (Å²) in [5.74, 6) is 0.594. The highest BCUT2D eigenvalue weighted by molar-refractivity contribution is 7.90. The number of carbonyl (C=O) groups is 1. The van der Waals surface area contributed by atoms with E-state index in [-0.39, 0.29) is 7.88 Å². The van der Waals surface area contributed by atoms with Crippen molar-refractivity contribution in [2.24, 2.45) is 0 Å². The maximum absolute atomic E-state index is 12.5. The third-order valence-corrected chi connectivity index (χ3v) is 6.71. The van der Waals surface area contributed by atoms with Crippen LogP contribution in [0, 0.1) is 6.92 Å². The standard InChI is InChI=1S/C19H24N4O3S.2H2/c1-3-23-11-17(20-12(23)2)27(25,26)22-19(24)21-18-15-8-4-6-13(15)10-14-7-5-9-16(14)18;;/h10-11H,3-9H2,1-2H3,(H2,21,22,24);2*1H. The second-order valence-corrected chi connectivity index (χ2v) is 8.84. The number of sulfonamides is 1. The van der Waals surface area contributed by atoms with Crippen LogP contribution < -0.4 is 10.0 Å². The molecule has 0 saturated heterocycles. The minimum Gasteiger partial charge on any atom is -0.334 e. The van der Waals surface area contributed by atoms with E-state index in [2.05, 4.69) is 21.1 Å². The summed E-state index contributed by atoms with van der Waals surface area (Å²) in [6, 6.07) is 1.54. The van der Waals surface area contributed by atoms with Crippen molar-refractivity contribution < 1.29 is 16.1 Å². The largest absolute Gasteiger partial charge is 0.334 e. The molecular formula is C19H28N4O3S. The maximum Gasteiger partial charge on any atom is 0.333 e. The molecule has 148 valence electrons. The average Bonchev–Trinajstić information content (AvgIpc) is 3.32. The number of nitrogens with one attached hydrogen (secondary N) is 2. The van der Waals surface area contributed by atoms with Crippen molar-refractivity contribution in [1.29, 1.82) is 0 Å². The number of amides is 2. The van der Waals surface area contributed by atoms with E-state index in [9.17, 15) is 13.2 Å². The Kier molecular flexibility index (Phi) is 4.46. The van der Waals surface area contributed by atoms with Gasteiger partial charge >= 0.3 is 6.03 Å². The summed E-state index contributed by atoms with van der Waals surface area (Å²) in [7, 11) is -4.01. The molecule has 0 radical (unpaired) electrons. The molecule has 2 aromatic rings. The first-order valence-electron chi connectivity index (χ1n) is 9.43. The van der Waals surface area contributed by atoms with E-state index in [1.807, 2.05) is 6.92 Å². The number of aryl methyl sites for hydroxylation is 4. The van der Waals surface area contributed by atoms with Gasteiger partial charge in [-0.05, 0) is 74.6 Å². The van der Waals surface area contributed by atoms with Crippen LogP contribution in [0.25, 0.3) is 0 Å². The van der Waals surface area contributed by atoms with Crippen LogP contribution in [0.5, 0.6) is 0 Å². The Morgan fingerprint density at radius 2 is 1.81 bits per heavy atom. The van der Waals surface area contributed by atoms with Gasteiger partial charge in [0, 0.05) is 21.3 Å². The molecular weight excluding hydrogens is 364 g/mol. The monoisotopic (exact) mass is 392 g/mol. The molecule has 1 heterocycles. The topological polar surface area (TPSA) is 93.1 Å². The number of nitrogens with zero attached hydrogens (tertiary/aromatic N) is 2. The molecule has 0 saturated carbocycles. The summed E-state index contributed by atoms with van der Waals surface area (Å²) in [5.41, 5.74) is 5.71. The number of anilines is 1. The lowest BCUT2D eigenvalue weighted by Crippen LogP contribution is -2.35. The molecule has 2 aliphatic carbocycles. The molecule has 0 spiro atoms. The molecule has 4 rings (SSSR count). The van der Waals surface area contributed by atoms with Gasteiger partial charge in [-0.2, -0.15) is 8.42 Å². The minimum atomic E-state index is -4.01. The third kappa shape index (κ3) is 3.22. The molecule has 2 amide bonds. The van der Waals surface area contributed by atoms with Gasteiger partial charge in [0.2, 0.25) is 0 Å². The lowest BCUT2D eigenvalue weighted by atomic mass is 9.99. The lowest BCUT2D eigenvalue weighted by molar-refractivity contribution is 0.256. The van der Waals surface area contributed by atoms with Crippen LogP contribution in [0.4, 0.5) is 10.5 Å². The van der Waals surface area contributed by atoms with Crippen molar-refractivity contribution >= 4 is 21.7 Å². The molecule has 0 atom stereocenters. The van der Waals surface area contributed by atoms with E-state index in [0.717, 1.165) is 55.3 Å². The van der Waals surface area contributed by atoms with Gasteiger partial charge in [0.05, 0.1) is 0 Å². The summed E-state index contributed by atoms with van der Waals surface area (Å²) in [6.45, 7) is 4.25. The second kappa shape index (κ2) is 6.67.